The van der Waals surface area contributed by atoms with E-state index in [1.54, 1.807) is 0 Å². The van der Waals surface area contributed by atoms with E-state index >= 15 is 0 Å². The van der Waals surface area contributed by atoms with Crippen molar-refractivity contribution in [1.29, 1.82) is 0 Å². The van der Waals surface area contributed by atoms with Crippen molar-refractivity contribution in [1.82, 2.24) is 15.5 Å². The van der Waals surface area contributed by atoms with Crippen LogP contribution in [0.4, 0.5) is 0 Å². The minimum Gasteiger partial charge on any atom is -0.356 e. The second kappa shape index (κ2) is 10.6. The molecular weight excluding hydrogens is 386 g/mol. The molecule has 0 aromatic heterocycles. The number of benzene rings is 1. The predicted octanol–water partition coefficient (Wildman–Crippen LogP) is 3.59. The minimum atomic E-state index is 0.162. The van der Waals surface area contributed by atoms with Crippen LogP contribution in [0.1, 0.15) is 68.9 Å². The maximum absolute atomic E-state index is 12.7. The molecule has 2 amide bonds. The van der Waals surface area contributed by atoms with Gasteiger partial charge in [0.15, 0.2) is 0 Å². The lowest BCUT2D eigenvalue weighted by atomic mass is 10.1. The van der Waals surface area contributed by atoms with Crippen LogP contribution < -0.4 is 10.6 Å². The number of aryl methyl sites for hydroxylation is 1. The van der Waals surface area contributed by atoms with Crippen molar-refractivity contribution in [3.05, 3.63) is 35.4 Å². The molecule has 0 bridgehead atoms. The summed E-state index contributed by atoms with van der Waals surface area (Å²) < 4.78 is 0. The molecule has 3 fully saturated rings. The van der Waals surface area contributed by atoms with Crippen molar-refractivity contribution in [3.63, 3.8) is 0 Å². The van der Waals surface area contributed by atoms with Gasteiger partial charge in [0.1, 0.15) is 0 Å². The number of hydrogen-bond donors (Lipinski definition) is 2. The Morgan fingerprint density at radius 1 is 0.968 bits per heavy atom. The fraction of sp³-hybridized carbons (Fsp3) is 0.692. The van der Waals surface area contributed by atoms with E-state index in [1.807, 2.05) is 0 Å². The number of nitrogens with zero attached hydrogens (tertiary/aromatic N) is 1. The Kier molecular flexibility index (Phi) is 7.65. The molecule has 4 rings (SSSR count). The number of likely N-dealkylation sites (tertiary alicyclic amines) is 1. The molecule has 0 radical (unpaired) electrons. The smallest absolute Gasteiger partial charge is 0.223 e. The predicted molar refractivity (Wildman–Crippen MR) is 124 cm³/mol. The molecule has 0 spiro atoms. The van der Waals surface area contributed by atoms with E-state index in [-0.39, 0.29) is 17.7 Å². The molecule has 1 aromatic rings. The highest BCUT2D eigenvalue weighted by molar-refractivity contribution is 5.79. The minimum absolute atomic E-state index is 0.162. The molecule has 5 heteroatoms. The molecule has 2 aliphatic carbocycles. The third-order valence-electron chi connectivity index (χ3n) is 7.57. The summed E-state index contributed by atoms with van der Waals surface area (Å²) in [5.41, 5.74) is 2.59. The van der Waals surface area contributed by atoms with E-state index in [2.05, 4.69) is 46.7 Å². The third kappa shape index (κ3) is 6.31. The molecular formula is C26H39N3O2. The van der Waals surface area contributed by atoms with Crippen molar-refractivity contribution < 1.29 is 9.59 Å². The zero-order valence-electron chi connectivity index (χ0n) is 19.1. The van der Waals surface area contributed by atoms with Crippen LogP contribution in [0, 0.1) is 18.8 Å². The summed E-state index contributed by atoms with van der Waals surface area (Å²) in [6.07, 6.45) is 10.7. The van der Waals surface area contributed by atoms with Crippen LogP contribution in [0.2, 0.25) is 0 Å². The molecule has 3 aliphatic rings. The lowest BCUT2D eigenvalue weighted by Gasteiger charge is -2.30. The van der Waals surface area contributed by atoms with Gasteiger partial charge in [-0.25, -0.2) is 0 Å². The van der Waals surface area contributed by atoms with Crippen molar-refractivity contribution in [2.45, 2.75) is 83.2 Å². The largest absolute Gasteiger partial charge is 0.356 e. The molecule has 1 aromatic carbocycles. The molecule has 1 heterocycles. The van der Waals surface area contributed by atoms with E-state index in [0.29, 0.717) is 25.0 Å². The summed E-state index contributed by atoms with van der Waals surface area (Å²) in [7, 11) is 0. The highest BCUT2D eigenvalue weighted by Gasteiger charge is 2.38. The van der Waals surface area contributed by atoms with Gasteiger partial charge in [0, 0.05) is 44.1 Å². The quantitative estimate of drug-likeness (QED) is 0.602. The van der Waals surface area contributed by atoms with Gasteiger partial charge in [-0.05, 0) is 68.9 Å². The van der Waals surface area contributed by atoms with Gasteiger partial charge in [0.25, 0.3) is 0 Å². The molecule has 1 saturated heterocycles. The number of rotatable bonds is 10. The summed E-state index contributed by atoms with van der Waals surface area (Å²) in [6, 6.07) is 9.07. The van der Waals surface area contributed by atoms with E-state index in [1.165, 1.54) is 36.8 Å². The summed E-state index contributed by atoms with van der Waals surface area (Å²) in [4.78, 5) is 27.7. The van der Waals surface area contributed by atoms with Crippen LogP contribution in [-0.4, -0.2) is 48.4 Å². The number of nitrogens with one attached hydrogen (secondary N) is 2. The lowest BCUT2D eigenvalue weighted by Crippen LogP contribution is -2.46. The average molecular weight is 426 g/mol. The van der Waals surface area contributed by atoms with Crippen molar-refractivity contribution in [2.75, 3.05) is 19.6 Å². The molecule has 170 valence electrons. The Balaban J connectivity index is 1.24. The number of hydrogen-bond acceptors (Lipinski definition) is 3. The molecule has 2 saturated carbocycles. The van der Waals surface area contributed by atoms with Crippen molar-refractivity contribution >= 4 is 11.8 Å². The third-order valence-corrected chi connectivity index (χ3v) is 7.57. The highest BCUT2D eigenvalue weighted by atomic mass is 16.2. The van der Waals surface area contributed by atoms with Gasteiger partial charge in [-0.1, -0.05) is 37.1 Å². The fourth-order valence-corrected chi connectivity index (χ4v) is 5.41. The Bertz CT molecular complexity index is 755. The molecule has 2 N–H and O–H groups in total. The van der Waals surface area contributed by atoms with Crippen molar-refractivity contribution in [2.24, 2.45) is 11.8 Å². The summed E-state index contributed by atoms with van der Waals surface area (Å²) in [5.74, 6) is 1.43. The first-order chi connectivity index (χ1) is 15.1. The van der Waals surface area contributed by atoms with Crippen LogP contribution in [0.15, 0.2) is 24.3 Å². The van der Waals surface area contributed by atoms with Crippen LogP contribution in [-0.2, 0) is 16.0 Å². The van der Waals surface area contributed by atoms with Gasteiger partial charge in [-0.3, -0.25) is 14.5 Å². The van der Waals surface area contributed by atoms with Gasteiger partial charge in [-0.15, -0.1) is 0 Å². The second-order valence-electron chi connectivity index (χ2n) is 9.98. The Hall–Kier alpha value is -1.88. The molecule has 2 atom stereocenters. The van der Waals surface area contributed by atoms with E-state index in [4.69, 9.17) is 0 Å². The monoisotopic (exact) mass is 425 g/mol. The van der Waals surface area contributed by atoms with Gasteiger partial charge in [-0.2, -0.15) is 0 Å². The van der Waals surface area contributed by atoms with E-state index < -0.39 is 0 Å². The van der Waals surface area contributed by atoms with Gasteiger partial charge in [0.2, 0.25) is 11.8 Å². The number of amides is 2. The van der Waals surface area contributed by atoms with Crippen molar-refractivity contribution in [3.8, 4) is 0 Å². The average Bonchev–Trinajstić information content (AvgIpc) is 3.26. The number of carbonyl (C=O) groups is 2. The van der Waals surface area contributed by atoms with Crippen LogP contribution >= 0.6 is 0 Å². The zero-order valence-corrected chi connectivity index (χ0v) is 19.1. The molecule has 5 nitrogen and oxygen atoms in total. The first-order valence-electron chi connectivity index (χ1n) is 12.4. The summed E-state index contributed by atoms with van der Waals surface area (Å²) in [6.45, 7) is 4.65. The van der Waals surface area contributed by atoms with E-state index in [9.17, 15) is 9.59 Å². The Labute approximate surface area is 187 Å². The van der Waals surface area contributed by atoms with Crippen LogP contribution in [0.25, 0.3) is 0 Å². The molecule has 0 unspecified atom stereocenters. The number of carbonyl (C=O) groups excluding carboxylic acids is 2. The van der Waals surface area contributed by atoms with E-state index in [0.717, 1.165) is 51.1 Å². The standard InChI is InChI=1S/C26H39N3O2/c1-19-6-2-3-7-21(19)14-15-27-25(30)16-23-12-13-24(29(23)18-20-10-11-20)17-28-26(31)22-8-4-5-9-22/h2-3,6-7,20,22-24H,4-5,8-18H2,1H3,(H,27,30)(H,28,31)/t23-,24+/m1/s1. The van der Waals surface area contributed by atoms with Gasteiger partial charge >= 0.3 is 0 Å². The summed E-state index contributed by atoms with van der Waals surface area (Å²) >= 11 is 0. The normalized spacial score (nSPS) is 24.4. The first-order valence-corrected chi connectivity index (χ1v) is 12.4. The Morgan fingerprint density at radius 2 is 1.71 bits per heavy atom. The summed E-state index contributed by atoms with van der Waals surface area (Å²) in [5, 5.41) is 6.38. The van der Waals surface area contributed by atoms with Gasteiger partial charge < -0.3 is 10.6 Å². The lowest BCUT2D eigenvalue weighted by molar-refractivity contribution is -0.125. The van der Waals surface area contributed by atoms with Crippen LogP contribution in [0.3, 0.4) is 0 Å². The SMILES string of the molecule is Cc1ccccc1CCNC(=O)C[C@H]1CC[C@@H](CNC(=O)C2CCCC2)N1CC1CC1. The second-order valence-corrected chi connectivity index (χ2v) is 9.98. The maximum Gasteiger partial charge on any atom is 0.223 e. The van der Waals surface area contributed by atoms with Gasteiger partial charge in [0.05, 0.1) is 0 Å². The molecule has 31 heavy (non-hydrogen) atoms. The first kappa shape index (κ1) is 22.3. The maximum atomic E-state index is 12.7. The van der Waals surface area contributed by atoms with Crippen LogP contribution in [0.5, 0.6) is 0 Å². The topological polar surface area (TPSA) is 61.4 Å². The highest BCUT2D eigenvalue weighted by Crippen LogP contribution is 2.35. The molecule has 1 aliphatic heterocycles. The fourth-order valence-electron chi connectivity index (χ4n) is 5.41. The Morgan fingerprint density at radius 3 is 2.45 bits per heavy atom. The zero-order chi connectivity index (χ0) is 21.6.